The third kappa shape index (κ3) is 2.78. The minimum atomic E-state index is -0.408. The molecule has 140 valence electrons. The second-order valence-electron chi connectivity index (χ2n) is 6.45. The monoisotopic (exact) mass is 372 g/mol. The Hall–Kier alpha value is -3.72. The van der Waals surface area contributed by atoms with Crippen molar-refractivity contribution in [3.8, 4) is 23.4 Å². The summed E-state index contributed by atoms with van der Waals surface area (Å²) in [6.07, 6.45) is 0. The number of nitrogens with two attached hydrogens (primary N) is 1. The van der Waals surface area contributed by atoms with Crippen molar-refractivity contribution in [2.45, 2.75) is 19.8 Å². The SMILES string of the molecule is CCOc1ccccc1C1C(C#N)=C(N)Oc2c1c(C)nn2-c1ccccc1. The summed E-state index contributed by atoms with van der Waals surface area (Å²) in [4.78, 5) is 0. The maximum Gasteiger partial charge on any atom is 0.229 e. The fraction of sp³-hybridized carbons (Fsp3) is 0.182. The minimum absolute atomic E-state index is 0.0865. The number of nitriles is 1. The maximum atomic E-state index is 9.82. The van der Waals surface area contributed by atoms with E-state index in [9.17, 15) is 5.26 Å². The van der Waals surface area contributed by atoms with Crippen molar-refractivity contribution < 1.29 is 9.47 Å². The van der Waals surface area contributed by atoms with Crippen LogP contribution in [0.25, 0.3) is 5.69 Å². The number of allylic oxidation sites excluding steroid dienone is 1. The van der Waals surface area contributed by atoms with Crippen molar-refractivity contribution in [1.29, 1.82) is 5.26 Å². The van der Waals surface area contributed by atoms with Crippen molar-refractivity contribution in [3.05, 3.63) is 82.9 Å². The van der Waals surface area contributed by atoms with Gasteiger partial charge in [-0.25, -0.2) is 4.68 Å². The van der Waals surface area contributed by atoms with Gasteiger partial charge in [0.15, 0.2) is 0 Å². The summed E-state index contributed by atoms with van der Waals surface area (Å²) in [7, 11) is 0. The molecule has 1 aliphatic heterocycles. The van der Waals surface area contributed by atoms with Gasteiger partial charge in [-0.2, -0.15) is 10.4 Å². The summed E-state index contributed by atoms with van der Waals surface area (Å²) in [5, 5.41) is 14.5. The molecule has 1 atom stereocenters. The Morgan fingerprint density at radius 3 is 2.61 bits per heavy atom. The van der Waals surface area contributed by atoms with E-state index in [1.165, 1.54) is 0 Å². The zero-order valence-electron chi connectivity index (χ0n) is 15.7. The number of benzene rings is 2. The van der Waals surface area contributed by atoms with Gasteiger partial charge in [-0.05, 0) is 32.0 Å². The summed E-state index contributed by atoms with van der Waals surface area (Å²) in [5.41, 5.74) is 9.84. The lowest BCUT2D eigenvalue weighted by Gasteiger charge is -2.26. The first-order valence-corrected chi connectivity index (χ1v) is 9.10. The Kier molecular flexibility index (Phi) is 4.50. The molecule has 1 aromatic heterocycles. The normalized spacial score (nSPS) is 15.5. The van der Waals surface area contributed by atoms with Crippen LogP contribution in [0, 0.1) is 18.3 Å². The number of aromatic nitrogens is 2. The molecule has 0 aliphatic carbocycles. The largest absolute Gasteiger partial charge is 0.494 e. The second-order valence-corrected chi connectivity index (χ2v) is 6.45. The van der Waals surface area contributed by atoms with E-state index >= 15 is 0 Å². The van der Waals surface area contributed by atoms with Crippen LogP contribution in [-0.4, -0.2) is 16.4 Å². The van der Waals surface area contributed by atoms with Crippen molar-refractivity contribution in [2.24, 2.45) is 5.73 Å². The van der Waals surface area contributed by atoms with Crippen LogP contribution in [0.1, 0.15) is 29.7 Å². The fourth-order valence-corrected chi connectivity index (χ4v) is 3.58. The van der Waals surface area contributed by atoms with Gasteiger partial charge in [-0.3, -0.25) is 0 Å². The van der Waals surface area contributed by atoms with Gasteiger partial charge in [0.2, 0.25) is 11.8 Å². The highest BCUT2D eigenvalue weighted by Gasteiger charge is 2.37. The number of fused-ring (bicyclic) bond motifs is 1. The molecular weight excluding hydrogens is 352 g/mol. The fourth-order valence-electron chi connectivity index (χ4n) is 3.58. The van der Waals surface area contributed by atoms with E-state index in [1.54, 1.807) is 4.68 Å². The molecule has 6 nitrogen and oxygen atoms in total. The van der Waals surface area contributed by atoms with Gasteiger partial charge in [0.05, 0.1) is 29.5 Å². The Morgan fingerprint density at radius 1 is 1.18 bits per heavy atom. The Labute approximate surface area is 163 Å². The van der Waals surface area contributed by atoms with E-state index < -0.39 is 5.92 Å². The molecule has 2 N–H and O–H groups in total. The van der Waals surface area contributed by atoms with Gasteiger partial charge in [0, 0.05) is 5.56 Å². The predicted molar refractivity (Wildman–Crippen MR) is 105 cm³/mol. The summed E-state index contributed by atoms with van der Waals surface area (Å²) in [6.45, 7) is 4.37. The van der Waals surface area contributed by atoms with Crippen molar-refractivity contribution in [3.63, 3.8) is 0 Å². The summed E-state index contributed by atoms with van der Waals surface area (Å²) >= 11 is 0. The highest BCUT2D eigenvalue weighted by molar-refractivity contribution is 5.59. The van der Waals surface area contributed by atoms with Crippen LogP contribution >= 0.6 is 0 Å². The number of para-hydroxylation sites is 2. The third-order valence-corrected chi connectivity index (χ3v) is 4.76. The van der Waals surface area contributed by atoms with E-state index in [1.807, 2.05) is 68.4 Å². The number of rotatable bonds is 4. The molecule has 1 aliphatic rings. The van der Waals surface area contributed by atoms with Crippen molar-refractivity contribution in [1.82, 2.24) is 9.78 Å². The zero-order chi connectivity index (χ0) is 19.7. The molecule has 3 aromatic rings. The van der Waals surface area contributed by atoms with Gasteiger partial charge in [-0.1, -0.05) is 36.4 Å². The molecule has 0 bridgehead atoms. The molecule has 4 rings (SSSR count). The first-order valence-electron chi connectivity index (χ1n) is 9.10. The molecule has 0 saturated carbocycles. The number of hydrogen-bond acceptors (Lipinski definition) is 5. The molecule has 1 unspecified atom stereocenters. The maximum absolute atomic E-state index is 9.82. The standard InChI is InChI=1S/C22H20N4O2/c1-3-27-18-12-8-7-11-16(18)20-17(13-23)21(24)28-22-19(20)14(2)25-26(22)15-9-5-4-6-10-15/h4-12,20H,3,24H2,1-2H3. The van der Waals surface area contributed by atoms with Crippen molar-refractivity contribution in [2.75, 3.05) is 6.61 Å². The molecule has 0 radical (unpaired) electrons. The number of hydrogen-bond donors (Lipinski definition) is 1. The molecule has 0 spiro atoms. The van der Waals surface area contributed by atoms with Crippen LogP contribution in [0.5, 0.6) is 11.6 Å². The predicted octanol–water partition coefficient (Wildman–Crippen LogP) is 3.80. The lowest BCUT2D eigenvalue weighted by Crippen LogP contribution is -2.22. The van der Waals surface area contributed by atoms with Gasteiger partial charge >= 0.3 is 0 Å². The number of nitrogens with zero attached hydrogens (tertiary/aromatic N) is 3. The van der Waals surface area contributed by atoms with Crippen LogP contribution in [-0.2, 0) is 0 Å². The van der Waals surface area contributed by atoms with Crippen LogP contribution < -0.4 is 15.2 Å². The van der Waals surface area contributed by atoms with E-state index in [2.05, 4.69) is 11.2 Å². The minimum Gasteiger partial charge on any atom is -0.494 e. The van der Waals surface area contributed by atoms with Crippen LogP contribution in [0.2, 0.25) is 0 Å². The van der Waals surface area contributed by atoms with Crippen LogP contribution in [0.15, 0.2) is 66.1 Å². The van der Waals surface area contributed by atoms with E-state index in [-0.39, 0.29) is 5.88 Å². The number of ether oxygens (including phenoxy) is 2. The van der Waals surface area contributed by atoms with Gasteiger partial charge in [0.25, 0.3) is 0 Å². The molecule has 2 heterocycles. The molecule has 0 saturated heterocycles. The summed E-state index contributed by atoms with van der Waals surface area (Å²) in [5.74, 6) is 0.920. The molecule has 28 heavy (non-hydrogen) atoms. The first-order chi connectivity index (χ1) is 13.7. The van der Waals surface area contributed by atoms with E-state index in [0.717, 1.165) is 28.3 Å². The molecule has 6 heteroatoms. The van der Waals surface area contributed by atoms with Gasteiger partial charge in [0.1, 0.15) is 17.4 Å². The highest BCUT2D eigenvalue weighted by Crippen LogP contribution is 2.46. The van der Waals surface area contributed by atoms with E-state index in [0.29, 0.717) is 18.1 Å². The smallest absolute Gasteiger partial charge is 0.229 e. The first kappa shape index (κ1) is 17.7. The lowest BCUT2D eigenvalue weighted by atomic mass is 9.83. The highest BCUT2D eigenvalue weighted by atomic mass is 16.5. The van der Waals surface area contributed by atoms with Crippen LogP contribution in [0.3, 0.4) is 0 Å². The van der Waals surface area contributed by atoms with Crippen LogP contribution in [0.4, 0.5) is 0 Å². The Morgan fingerprint density at radius 2 is 1.89 bits per heavy atom. The van der Waals surface area contributed by atoms with Gasteiger partial charge < -0.3 is 15.2 Å². The molecule has 0 fully saturated rings. The van der Waals surface area contributed by atoms with Crippen molar-refractivity contribution >= 4 is 0 Å². The third-order valence-electron chi connectivity index (χ3n) is 4.76. The lowest BCUT2D eigenvalue weighted by molar-refractivity contribution is 0.333. The molecule has 2 aromatic carbocycles. The molecular formula is C22H20N4O2. The van der Waals surface area contributed by atoms with E-state index in [4.69, 9.17) is 15.2 Å². The topological polar surface area (TPSA) is 86.1 Å². The Bertz CT molecular complexity index is 1090. The second kappa shape index (κ2) is 7.12. The average molecular weight is 372 g/mol. The summed E-state index contributed by atoms with van der Waals surface area (Å²) < 4.78 is 13.4. The zero-order valence-corrected chi connectivity index (χ0v) is 15.7. The molecule has 0 amide bonds. The number of aryl methyl sites for hydroxylation is 1. The Balaban J connectivity index is 1.97. The average Bonchev–Trinajstić information content (AvgIpc) is 3.04. The summed E-state index contributed by atoms with van der Waals surface area (Å²) in [6, 6.07) is 19.6. The van der Waals surface area contributed by atoms with Gasteiger partial charge in [-0.15, -0.1) is 0 Å². The quantitative estimate of drug-likeness (QED) is 0.753.